The summed E-state index contributed by atoms with van der Waals surface area (Å²) in [5.74, 6) is -0.0808. The van der Waals surface area contributed by atoms with Crippen LogP contribution in [0.2, 0.25) is 0 Å². The fourth-order valence-corrected chi connectivity index (χ4v) is 3.27. The van der Waals surface area contributed by atoms with Crippen LogP contribution in [-0.4, -0.2) is 21.2 Å². The molecule has 0 unspecified atom stereocenters. The molecule has 1 fully saturated rings. The van der Waals surface area contributed by atoms with Crippen molar-refractivity contribution in [3.63, 3.8) is 0 Å². The SMILES string of the molecule is Cc1cc(C)n(-c2cccc(NC(=O)C3(N)CCCCC3)c2)n1.Cl. The highest BCUT2D eigenvalue weighted by molar-refractivity contribution is 5.98. The Morgan fingerprint density at radius 3 is 2.54 bits per heavy atom. The molecular weight excluding hydrogens is 324 g/mol. The molecule has 1 amide bonds. The summed E-state index contributed by atoms with van der Waals surface area (Å²) < 4.78 is 1.88. The van der Waals surface area contributed by atoms with Gasteiger partial charge in [0.1, 0.15) is 0 Å². The predicted molar refractivity (Wildman–Crippen MR) is 98.9 cm³/mol. The van der Waals surface area contributed by atoms with Gasteiger partial charge in [-0.3, -0.25) is 4.79 Å². The number of hydrogen-bond acceptors (Lipinski definition) is 3. The van der Waals surface area contributed by atoms with Gasteiger partial charge in [0.2, 0.25) is 5.91 Å². The van der Waals surface area contributed by atoms with Crippen LogP contribution in [-0.2, 0) is 4.79 Å². The molecule has 2 aromatic rings. The van der Waals surface area contributed by atoms with Crippen molar-refractivity contribution < 1.29 is 4.79 Å². The summed E-state index contributed by atoms with van der Waals surface area (Å²) in [6.45, 7) is 3.98. The number of hydrogen-bond donors (Lipinski definition) is 2. The number of rotatable bonds is 3. The molecule has 1 aliphatic rings. The van der Waals surface area contributed by atoms with Gasteiger partial charge in [0.15, 0.2) is 0 Å². The first-order chi connectivity index (χ1) is 11.0. The third kappa shape index (κ3) is 3.79. The minimum atomic E-state index is -0.730. The Morgan fingerprint density at radius 2 is 1.92 bits per heavy atom. The number of nitrogens with two attached hydrogens (primary N) is 1. The van der Waals surface area contributed by atoms with Crippen LogP contribution in [0, 0.1) is 13.8 Å². The highest BCUT2D eigenvalue weighted by Gasteiger charge is 2.35. The van der Waals surface area contributed by atoms with Gasteiger partial charge in [0.05, 0.1) is 16.9 Å². The molecular formula is C18H25ClN4O. The second-order valence-electron chi connectivity index (χ2n) is 6.56. The Bertz CT molecular complexity index is 720. The number of aryl methyl sites for hydroxylation is 2. The molecule has 130 valence electrons. The largest absolute Gasteiger partial charge is 0.324 e. The van der Waals surface area contributed by atoms with Crippen LogP contribution in [0.4, 0.5) is 5.69 Å². The van der Waals surface area contributed by atoms with Gasteiger partial charge in [0, 0.05) is 11.4 Å². The zero-order valence-electron chi connectivity index (χ0n) is 14.2. The van der Waals surface area contributed by atoms with Crippen LogP contribution >= 0.6 is 12.4 Å². The number of nitrogens with one attached hydrogen (secondary N) is 1. The number of carbonyl (C=O) groups is 1. The van der Waals surface area contributed by atoms with Crippen LogP contribution in [0.25, 0.3) is 5.69 Å². The zero-order chi connectivity index (χ0) is 16.4. The van der Waals surface area contributed by atoms with E-state index in [2.05, 4.69) is 10.4 Å². The lowest BCUT2D eigenvalue weighted by atomic mass is 9.82. The molecule has 1 saturated carbocycles. The molecule has 6 heteroatoms. The van der Waals surface area contributed by atoms with E-state index in [9.17, 15) is 4.79 Å². The van der Waals surface area contributed by atoms with Crippen molar-refractivity contribution in [2.45, 2.75) is 51.5 Å². The van der Waals surface area contributed by atoms with E-state index in [0.29, 0.717) is 0 Å². The van der Waals surface area contributed by atoms with Gasteiger partial charge < -0.3 is 11.1 Å². The van der Waals surface area contributed by atoms with Crippen molar-refractivity contribution in [1.82, 2.24) is 9.78 Å². The number of halogens is 1. The summed E-state index contributed by atoms with van der Waals surface area (Å²) >= 11 is 0. The van der Waals surface area contributed by atoms with E-state index in [4.69, 9.17) is 5.73 Å². The van der Waals surface area contributed by atoms with Gasteiger partial charge in [-0.05, 0) is 51.0 Å². The van der Waals surface area contributed by atoms with E-state index in [1.165, 1.54) is 6.42 Å². The van der Waals surface area contributed by atoms with E-state index in [1.54, 1.807) is 0 Å². The molecule has 3 rings (SSSR count). The molecule has 1 aromatic heterocycles. The monoisotopic (exact) mass is 348 g/mol. The summed E-state index contributed by atoms with van der Waals surface area (Å²) in [7, 11) is 0. The van der Waals surface area contributed by atoms with Crippen LogP contribution in [0.5, 0.6) is 0 Å². The van der Waals surface area contributed by atoms with Gasteiger partial charge in [-0.2, -0.15) is 5.10 Å². The summed E-state index contributed by atoms with van der Waals surface area (Å²) in [5.41, 5.74) is 9.30. The van der Waals surface area contributed by atoms with E-state index < -0.39 is 5.54 Å². The Hall–Kier alpha value is -1.85. The molecule has 0 spiro atoms. The summed E-state index contributed by atoms with van der Waals surface area (Å²) in [5, 5.41) is 7.47. The first-order valence-corrected chi connectivity index (χ1v) is 8.22. The second kappa shape index (κ2) is 7.36. The maximum atomic E-state index is 12.5. The fraction of sp³-hybridized carbons (Fsp3) is 0.444. The first-order valence-electron chi connectivity index (χ1n) is 8.22. The van der Waals surface area contributed by atoms with Gasteiger partial charge in [0.25, 0.3) is 0 Å². The molecule has 1 aromatic carbocycles. The third-order valence-corrected chi connectivity index (χ3v) is 4.56. The van der Waals surface area contributed by atoms with E-state index in [-0.39, 0.29) is 18.3 Å². The quantitative estimate of drug-likeness (QED) is 0.891. The number of carbonyl (C=O) groups excluding carboxylic acids is 1. The standard InChI is InChI=1S/C18H24N4O.ClH/c1-13-11-14(2)22(21-13)16-8-6-7-15(12-16)20-17(23)18(19)9-4-3-5-10-18;/h6-8,11-12H,3-5,9-10,19H2,1-2H3,(H,20,23);1H. The molecule has 0 bridgehead atoms. The van der Waals surface area contributed by atoms with Gasteiger partial charge in [-0.25, -0.2) is 4.68 Å². The van der Waals surface area contributed by atoms with Crippen molar-refractivity contribution in [3.8, 4) is 5.69 Å². The van der Waals surface area contributed by atoms with Crippen molar-refractivity contribution in [1.29, 1.82) is 0 Å². The molecule has 24 heavy (non-hydrogen) atoms. The lowest BCUT2D eigenvalue weighted by molar-refractivity contribution is -0.122. The van der Waals surface area contributed by atoms with Crippen molar-refractivity contribution in [2.75, 3.05) is 5.32 Å². The normalized spacial score (nSPS) is 16.3. The molecule has 0 saturated heterocycles. The topological polar surface area (TPSA) is 72.9 Å². The fourth-order valence-electron chi connectivity index (χ4n) is 3.27. The number of anilines is 1. The number of benzene rings is 1. The van der Waals surface area contributed by atoms with Gasteiger partial charge >= 0.3 is 0 Å². The zero-order valence-corrected chi connectivity index (χ0v) is 15.0. The summed E-state index contributed by atoms with van der Waals surface area (Å²) in [6, 6.07) is 9.75. The smallest absolute Gasteiger partial charge is 0.244 e. The maximum Gasteiger partial charge on any atom is 0.244 e. The maximum absolute atomic E-state index is 12.5. The van der Waals surface area contributed by atoms with E-state index in [0.717, 1.165) is 48.4 Å². The minimum absolute atomic E-state index is 0. The Morgan fingerprint density at radius 1 is 1.21 bits per heavy atom. The first kappa shape index (κ1) is 18.5. The Kier molecular flexibility index (Phi) is 5.67. The van der Waals surface area contributed by atoms with Crippen LogP contribution in [0.15, 0.2) is 30.3 Å². The average Bonchev–Trinajstić information content (AvgIpc) is 2.87. The van der Waals surface area contributed by atoms with Crippen molar-refractivity contribution in [3.05, 3.63) is 41.7 Å². The van der Waals surface area contributed by atoms with E-state index in [1.807, 2.05) is 48.9 Å². The molecule has 1 aliphatic carbocycles. The molecule has 0 atom stereocenters. The lowest BCUT2D eigenvalue weighted by Crippen LogP contribution is -2.52. The van der Waals surface area contributed by atoms with Gasteiger partial charge in [-0.1, -0.05) is 25.3 Å². The molecule has 5 nitrogen and oxygen atoms in total. The summed E-state index contributed by atoms with van der Waals surface area (Å²) in [4.78, 5) is 12.5. The Labute approximate surface area is 149 Å². The predicted octanol–water partition coefficient (Wildman–Crippen LogP) is 3.51. The number of nitrogens with zero attached hydrogens (tertiary/aromatic N) is 2. The molecule has 0 radical (unpaired) electrons. The minimum Gasteiger partial charge on any atom is -0.324 e. The second-order valence-corrected chi connectivity index (χ2v) is 6.56. The number of aromatic nitrogens is 2. The molecule has 3 N–H and O–H groups in total. The average molecular weight is 349 g/mol. The van der Waals surface area contributed by atoms with E-state index >= 15 is 0 Å². The molecule has 0 aliphatic heterocycles. The highest BCUT2D eigenvalue weighted by Crippen LogP contribution is 2.27. The third-order valence-electron chi connectivity index (χ3n) is 4.56. The lowest BCUT2D eigenvalue weighted by Gasteiger charge is -2.31. The van der Waals surface area contributed by atoms with Crippen molar-refractivity contribution >= 4 is 24.0 Å². The van der Waals surface area contributed by atoms with Crippen LogP contribution in [0.1, 0.15) is 43.5 Å². The van der Waals surface area contributed by atoms with Crippen LogP contribution < -0.4 is 11.1 Å². The van der Waals surface area contributed by atoms with Crippen LogP contribution in [0.3, 0.4) is 0 Å². The Balaban J connectivity index is 0.00000208. The van der Waals surface area contributed by atoms with Crippen molar-refractivity contribution in [2.24, 2.45) is 5.73 Å². The number of amides is 1. The molecule has 1 heterocycles. The van der Waals surface area contributed by atoms with Gasteiger partial charge in [-0.15, -0.1) is 12.4 Å². The highest BCUT2D eigenvalue weighted by atomic mass is 35.5. The summed E-state index contributed by atoms with van der Waals surface area (Å²) in [6.07, 6.45) is 4.73.